The Bertz CT molecular complexity index is 364. The molecular weight excluding hydrogens is 156 g/mol. The number of hydrogen-bond acceptors (Lipinski definition) is 0. The third kappa shape index (κ3) is 1.62. The van der Waals surface area contributed by atoms with Crippen molar-refractivity contribution >= 4 is 5.57 Å². The average Bonchev–Trinajstić information content (AvgIpc) is 2.71. The molecule has 0 heteroatoms. The smallest absolute Gasteiger partial charge is 0.0102 e. The van der Waals surface area contributed by atoms with E-state index in [-0.39, 0.29) is 0 Å². The van der Waals surface area contributed by atoms with Crippen LogP contribution in [0.25, 0.3) is 5.57 Å². The molecule has 0 aromatic heterocycles. The van der Waals surface area contributed by atoms with E-state index in [4.69, 9.17) is 0 Å². The van der Waals surface area contributed by atoms with Crippen LogP contribution in [0.4, 0.5) is 0 Å². The number of benzene rings is 1. The van der Waals surface area contributed by atoms with Crippen molar-refractivity contribution in [3.05, 3.63) is 65.8 Å². The van der Waals surface area contributed by atoms with Crippen LogP contribution in [-0.4, -0.2) is 0 Å². The van der Waals surface area contributed by atoms with Crippen molar-refractivity contribution in [3.63, 3.8) is 0 Å². The van der Waals surface area contributed by atoms with Gasteiger partial charge in [-0.05, 0) is 29.7 Å². The summed E-state index contributed by atoms with van der Waals surface area (Å²) in [4.78, 5) is 0. The van der Waals surface area contributed by atoms with Crippen LogP contribution < -0.4 is 0 Å². The molecule has 1 aliphatic rings. The molecule has 1 aromatic rings. The van der Waals surface area contributed by atoms with Gasteiger partial charge >= 0.3 is 0 Å². The van der Waals surface area contributed by atoms with Gasteiger partial charge in [-0.25, -0.2) is 0 Å². The monoisotopic (exact) mass is 167 g/mol. The Kier molecular flexibility index (Phi) is 2.13. The van der Waals surface area contributed by atoms with Crippen LogP contribution in [0.15, 0.2) is 54.1 Å². The minimum atomic E-state index is 1.19. The molecule has 0 atom stereocenters. The second-order valence-corrected chi connectivity index (χ2v) is 3.07. The van der Waals surface area contributed by atoms with Gasteiger partial charge in [-0.2, -0.15) is 0 Å². The van der Waals surface area contributed by atoms with E-state index < -0.39 is 0 Å². The minimum absolute atomic E-state index is 1.19. The van der Waals surface area contributed by atoms with E-state index in [2.05, 4.69) is 43.3 Å². The lowest BCUT2D eigenvalue weighted by atomic mass is 10.0. The molecule has 2 rings (SSSR count). The predicted octanol–water partition coefficient (Wildman–Crippen LogP) is 3.39. The maximum atomic E-state index is 3.20. The fourth-order valence-electron chi connectivity index (χ4n) is 1.41. The Labute approximate surface area is 78.9 Å². The molecule has 0 bridgehead atoms. The molecule has 0 saturated carbocycles. The largest absolute Gasteiger partial charge is 0.0622 e. The second-order valence-electron chi connectivity index (χ2n) is 3.07. The summed E-state index contributed by atoms with van der Waals surface area (Å²) in [5.41, 5.74) is 3.74. The van der Waals surface area contributed by atoms with Crippen LogP contribution in [0.3, 0.4) is 0 Å². The zero-order valence-electron chi connectivity index (χ0n) is 7.62. The molecule has 1 aromatic carbocycles. The van der Waals surface area contributed by atoms with Gasteiger partial charge in [0.1, 0.15) is 0 Å². The van der Waals surface area contributed by atoms with Crippen molar-refractivity contribution in [1.82, 2.24) is 0 Å². The Morgan fingerprint density at radius 1 is 1.15 bits per heavy atom. The Morgan fingerprint density at radius 3 is 2.54 bits per heavy atom. The molecule has 0 saturated heterocycles. The fraction of sp³-hybridized carbons (Fsp3) is 0.0769. The van der Waals surface area contributed by atoms with Gasteiger partial charge in [0.25, 0.3) is 0 Å². The van der Waals surface area contributed by atoms with Crippen LogP contribution in [0.2, 0.25) is 0 Å². The highest BCUT2D eigenvalue weighted by Gasteiger charge is 2.00. The first kappa shape index (κ1) is 8.06. The molecule has 0 aliphatic heterocycles. The van der Waals surface area contributed by atoms with Crippen molar-refractivity contribution in [1.29, 1.82) is 0 Å². The lowest BCUT2D eigenvalue weighted by molar-refractivity contribution is 1.53. The van der Waals surface area contributed by atoms with Crippen LogP contribution in [0.5, 0.6) is 0 Å². The van der Waals surface area contributed by atoms with E-state index >= 15 is 0 Å². The molecule has 0 nitrogen and oxygen atoms in total. The second kappa shape index (κ2) is 3.44. The van der Waals surface area contributed by atoms with Gasteiger partial charge in [-0.1, -0.05) is 48.6 Å². The third-order valence-corrected chi connectivity index (χ3v) is 2.21. The zero-order valence-corrected chi connectivity index (χ0v) is 7.62. The molecule has 63 valence electrons. The van der Waals surface area contributed by atoms with Crippen molar-refractivity contribution in [2.45, 2.75) is 6.92 Å². The molecule has 0 heterocycles. The maximum Gasteiger partial charge on any atom is -0.0102 e. The quantitative estimate of drug-likeness (QED) is 0.601. The SMILES string of the molecule is CC(=C1[C]=CC=C1)c1ccccc1. The Balaban J connectivity index is 2.43. The van der Waals surface area contributed by atoms with E-state index in [0.717, 1.165) is 0 Å². The molecule has 0 fully saturated rings. The van der Waals surface area contributed by atoms with Crippen molar-refractivity contribution in [2.24, 2.45) is 0 Å². The fourth-order valence-corrected chi connectivity index (χ4v) is 1.41. The normalized spacial score (nSPS) is 17.9. The van der Waals surface area contributed by atoms with E-state index in [0.29, 0.717) is 0 Å². The van der Waals surface area contributed by atoms with E-state index in [1.165, 1.54) is 16.7 Å². The summed E-state index contributed by atoms with van der Waals surface area (Å²) in [6, 6.07) is 10.4. The standard InChI is InChI=1S/C13H11/c1-11(13-9-5-6-10-13)12-7-3-2-4-8-12/h2-9H,1H3. The predicted molar refractivity (Wildman–Crippen MR) is 56.0 cm³/mol. The lowest BCUT2D eigenvalue weighted by Crippen LogP contribution is -1.81. The van der Waals surface area contributed by atoms with Crippen LogP contribution in [0, 0.1) is 6.08 Å². The zero-order chi connectivity index (χ0) is 9.10. The number of allylic oxidation sites excluding steroid dienone is 6. The van der Waals surface area contributed by atoms with Gasteiger partial charge < -0.3 is 0 Å². The molecule has 13 heavy (non-hydrogen) atoms. The first-order valence-electron chi connectivity index (χ1n) is 4.40. The maximum absolute atomic E-state index is 3.20. The summed E-state index contributed by atoms with van der Waals surface area (Å²) in [5, 5.41) is 0. The summed E-state index contributed by atoms with van der Waals surface area (Å²) in [6.45, 7) is 2.13. The highest BCUT2D eigenvalue weighted by atomic mass is 14.0. The summed E-state index contributed by atoms with van der Waals surface area (Å²) in [5.74, 6) is 0. The van der Waals surface area contributed by atoms with Gasteiger partial charge in [-0.3, -0.25) is 0 Å². The van der Waals surface area contributed by atoms with E-state index in [1.807, 2.05) is 18.2 Å². The Morgan fingerprint density at radius 2 is 1.92 bits per heavy atom. The van der Waals surface area contributed by atoms with Gasteiger partial charge in [0.05, 0.1) is 0 Å². The van der Waals surface area contributed by atoms with Gasteiger partial charge in [0.2, 0.25) is 0 Å². The summed E-state index contributed by atoms with van der Waals surface area (Å²) < 4.78 is 0. The first-order valence-corrected chi connectivity index (χ1v) is 4.40. The third-order valence-electron chi connectivity index (χ3n) is 2.21. The highest BCUT2D eigenvalue weighted by molar-refractivity contribution is 5.71. The molecule has 1 aliphatic carbocycles. The van der Waals surface area contributed by atoms with Crippen molar-refractivity contribution < 1.29 is 0 Å². The summed E-state index contributed by atoms with van der Waals surface area (Å²) >= 11 is 0. The van der Waals surface area contributed by atoms with Gasteiger partial charge in [-0.15, -0.1) is 0 Å². The topological polar surface area (TPSA) is 0 Å². The number of hydrogen-bond donors (Lipinski definition) is 0. The number of rotatable bonds is 1. The molecule has 0 spiro atoms. The summed E-state index contributed by atoms with van der Waals surface area (Å²) in [6.07, 6.45) is 9.25. The minimum Gasteiger partial charge on any atom is -0.0622 e. The molecule has 0 N–H and O–H groups in total. The lowest BCUT2D eigenvalue weighted by Gasteiger charge is -2.02. The average molecular weight is 167 g/mol. The van der Waals surface area contributed by atoms with Crippen molar-refractivity contribution in [2.75, 3.05) is 0 Å². The van der Waals surface area contributed by atoms with Crippen LogP contribution in [-0.2, 0) is 0 Å². The van der Waals surface area contributed by atoms with Gasteiger partial charge in [0, 0.05) is 0 Å². The molecule has 0 amide bonds. The highest BCUT2D eigenvalue weighted by Crippen LogP contribution is 2.21. The Hall–Kier alpha value is -1.56. The summed E-state index contributed by atoms with van der Waals surface area (Å²) in [7, 11) is 0. The molecule has 0 unspecified atom stereocenters. The first-order chi connectivity index (χ1) is 6.38. The van der Waals surface area contributed by atoms with E-state index in [9.17, 15) is 0 Å². The van der Waals surface area contributed by atoms with Crippen molar-refractivity contribution in [3.8, 4) is 0 Å². The molecule has 1 radical (unpaired) electrons. The van der Waals surface area contributed by atoms with Crippen LogP contribution in [0.1, 0.15) is 12.5 Å². The van der Waals surface area contributed by atoms with Gasteiger partial charge in [0.15, 0.2) is 0 Å². The van der Waals surface area contributed by atoms with Crippen LogP contribution >= 0.6 is 0 Å². The molecular formula is C13H11. The van der Waals surface area contributed by atoms with E-state index in [1.54, 1.807) is 0 Å².